The molecule has 0 radical (unpaired) electrons. The van der Waals surface area contributed by atoms with Gasteiger partial charge >= 0.3 is 0 Å². The molecule has 0 atom stereocenters. The number of benzene rings is 2. The summed E-state index contributed by atoms with van der Waals surface area (Å²) in [5.41, 5.74) is 8.99. The molecule has 0 bridgehead atoms. The second kappa shape index (κ2) is 8.58. The van der Waals surface area contributed by atoms with Crippen LogP contribution in [-0.2, 0) is 4.79 Å². The summed E-state index contributed by atoms with van der Waals surface area (Å²) in [5, 5.41) is 3.13. The molecule has 0 saturated carbocycles. The number of carbonyl (C=O) groups excluding carboxylic acids is 1. The van der Waals surface area contributed by atoms with Gasteiger partial charge in [-0.3, -0.25) is 9.79 Å². The summed E-state index contributed by atoms with van der Waals surface area (Å²) in [6.45, 7) is 5.51. The van der Waals surface area contributed by atoms with Crippen molar-refractivity contribution in [3.8, 4) is 5.75 Å². The first-order valence-corrected chi connectivity index (χ1v) is 9.23. The zero-order chi connectivity index (χ0) is 19.2. The summed E-state index contributed by atoms with van der Waals surface area (Å²) >= 11 is 0. The van der Waals surface area contributed by atoms with E-state index in [0.717, 1.165) is 17.1 Å². The number of hydrogen-bond donors (Lipinski definition) is 2. The van der Waals surface area contributed by atoms with Crippen LogP contribution in [0.1, 0.15) is 31.7 Å². The van der Waals surface area contributed by atoms with E-state index in [2.05, 4.69) is 36.3 Å². The van der Waals surface area contributed by atoms with E-state index < -0.39 is 0 Å². The Balaban J connectivity index is 1.53. The summed E-state index contributed by atoms with van der Waals surface area (Å²) in [4.78, 5) is 18.3. The molecule has 142 valence electrons. The highest BCUT2D eigenvalue weighted by Gasteiger charge is 2.24. The van der Waals surface area contributed by atoms with Gasteiger partial charge in [0.2, 0.25) is 0 Å². The number of ether oxygens (including phenoxy) is 1. The predicted molar refractivity (Wildman–Crippen MR) is 110 cm³/mol. The van der Waals surface area contributed by atoms with Crippen LogP contribution >= 0.6 is 0 Å². The molecule has 0 fully saturated rings. The van der Waals surface area contributed by atoms with Crippen LogP contribution in [-0.4, -0.2) is 31.6 Å². The van der Waals surface area contributed by atoms with Gasteiger partial charge < -0.3 is 20.7 Å². The Morgan fingerprint density at radius 1 is 1.26 bits per heavy atom. The number of anilines is 2. The van der Waals surface area contributed by atoms with E-state index in [9.17, 15) is 4.79 Å². The molecule has 0 saturated heterocycles. The summed E-state index contributed by atoms with van der Waals surface area (Å²) < 4.78 is 5.45. The highest BCUT2D eigenvalue weighted by Crippen LogP contribution is 2.31. The molecule has 3 N–H and O–H groups in total. The number of guanidine groups is 1. The van der Waals surface area contributed by atoms with Crippen LogP contribution in [0, 0.1) is 0 Å². The highest BCUT2D eigenvalue weighted by molar-refractivity contribution is 5.97. The lowest BCUT2D eigenvalue weighted by atomic mass is 10.0. The van der Waals surface area contributed by atoms with Gasteiger partial charge in [0.25, 0.3) is 5.91 Å². The third-order valence-corrected chi connectivity index (χ3v) is 4.46. The van der Waals surface area contributed by atoms with Crippen molar-refractivity contribution in [1.29, 1.82) is 0 Å². The number of aliphatic imine (C=N–C) groups is 1. The maximum absolute atomic E-state index is 12.1. The Morgan fingerprint density at radius 2 is 2.07 bits per heavy atom. The van der Waals surface area contributed by atoms with Gasteiger partial charge in [-0.15, -0.1) is 0 Å². The molecule has 1 aliphatic rings. The Kier molecular flexibility index (Phi) is 5.96. The smallest absolute Gasteiger partial charge is 0.265 e. The van der Waals surface area contributed by atoms with E-state index in [0.29, 0.717) is 31.4 Å². The van der Waals surface area contributed by atoms with Gasteiger partial charge in [-0.05, 0) is 42.2 Å². The minimum atomic E-state index is -0.0331. The van der Waals surface area contributed by atoms with Crippen LogP contribution in [0.2, 0.25) is 0 Å². The van der Waals surface area contributed by atoms with Crippen molar-refractivity contribution >= 4 is 23.2 Å². The molecule has 2 aromatic rings. The Bertz CT molecular complexity index is 832. The second-order valence-electron chi connectivity index (χ2n) is 6.83. The SMILES string of the molecule is CC(C)c1cccc(NC(N)=NCCCN2C(=O)COc3ccccc32)c1. The normalized spacial score (nSPS) is 14.1. The molecule has 0 unspecified atom stereocenters. The minimum Gasteiger partial charge on any atom is -0.482 e. The third kappa shape index (κ3) is 4.78. The van der Waals surface area contributed by atoms with Crippen molar-refractivity contribution < 1.29 is 9.53 Å². The fourth-order valence-electron chi connectivity index (χ4n) is 2.99. The maximum Gasteiger partial charge on any atom is 0.265 e. The number of nitrogens with two attached hydrogens (primary N) is 1. The van der Waals surface area contributed by atoms with Crippen LogP contribution in [0.15, 0.2) is 53.5 Å². The molecule has 1 heterocycles. The number of carbonyl (C=O) groups is 1. The number of nitrogens with zero attached hydrogens (tertiary/aromatic N) is 2. The predicted octanol–water partition coefficient (Wildman–Crippen LogP) is 3.35. The van der Waals surface area contributed by atoms with E-state index in [1.54, 1.807) is 4.90 Å². The maximum atomic E-state index is 12.1. The van der Waals surface area contributed by atoms with Crippen molar-refractivity contribution in [2.24, 2.45) is 10.7 Å². The first kappa shape index (κ1) is 18.8. The van der Waals surface area contributed by atoms with E-state index in [1.807, 2.05) is 36.4 Å². The molecule has 6 heteroatoms. The average Bonchev–Trinajstić information content (AvgIpc) is 2.66. The lowest BCUT2D eigenvalue weighted by Crippen LogP contribution is -2.39. The number of fused-ring (bicyclic) bond motifs is 1. The lowest BCUT2D eigenvalue weighted by Gasteiger charge is -2.29. The van der Waals surface area contributed by atoms with Crippen LogP contribution in [0.3, 0.4) is 0 Å². The fraction of sp³-hybridized carbons (Fsp3) is 0.333. The van der Waals surface area contributed by atoms with Crippen LogP contribution in [0.4, 0.5) is 11.4 Å². The molecule has 0 aromatic heterocycles. The molecule has 2 aromatic carbocycles. The molecular weight excluding hydrogens is 340 g/mol. The number of amides is 1. The molecule has 6 nitrogen and oxygen atoms in total. The van der Waals surface area contributed by atoms with Crippen LogP contribution in [0.5, 0.6) is 5.75 Å². The standard InChI is InChI=1S/C21H26N4O2/c1-15(2)16-7-5-8-17(13-16)24-21(22)23-11-6-12-25-18-9-3-4-10-19(18)27-14-20(25)26/h3-5,7-10,13,15H,6,11-12,14H2,1-2H3,(H3,22,23,24). The molecule has 3 rings (SSSR count). The number of nitrogens with one attached hydrogen (secondary N) is 1. The van der Waals surface area contributed by atoms with Crippen LogP contribution in [0.25, 0.3) is 0 Å². The summed E-state index contributed by atoms with van der Waals surface area (Å²) in [6, 6.07) is 15.7. The van der Waals surface area contributed by atoms with Gasteiger partial charge in [-0.2, -0.15) is 0 Å². The van der Waals surface area contributed by atoms with E-state index >= 15 is 0 Å². The summed E-state index contributed by atoms with van der Waals surface area (Å²) in [7, 11) is 0. The van der Waals surface area contributed by atoms with Gasteiger partial charge in [0.15, 0.2) is 12.6 Å². The highest BCUT2D eigenvalue weighted by atomic mass is 16.5. The van der Waals surface area contributed by atoms with Crippen molar-refractivity contribution in [2.75, 3.05) is 29.9 Å². The van der Waals surface area contributed by atoms with Crippen molar-refractivity contribution in [1.82, 2.24) is 0 Å². The molecular formula is C21H26N4O2. The first-order chi connectivity index (χ1) is 13.0. The molecule has 1 amide bonds. The first-order valence-electron chi connectivity index (χ1n) is 9.23. The minimum absolute atomic E-state index is 0.0331. The third-order valence-electron chi connectivity index (χ3n) is 4.46. The zero-order valence-electron chi connectivity index (χ0n) is 15.8. The van der Waals surface area contributed by atoms with Crippen molar-refractivity contribution in [2.45, 2.75) is 26.2 Å². The number of rotatable bonds is 6. The number of para-hydroxylation sites is 2. The largest absolute Gasteiger partial charge is 0.482 e. The lowest BCUT2D eigenvalue weighted by molar-refractivity contribution is -0.121. The summed E-state index contributed by atoms with van der Waals surface area (Å²) in [5.74, 6) is 1.55. The van der Waals surface area contributed by atoms with Gasteiger partial charge in [0, 0.05) is 18.8 Å². The molecule has 0 spiro atoms. The van der Waals surface area contributed by atoms with Gasteiger partial charge in [0.1, 0.15) is 5.75 Å². The quantitative estimate of drug-likeness (QED) is 0.467. The number of hydrogen-bond acceptors (Lipinski definition) is 3. The van der Waals surface area contributed by atoms with Crippen molar-refractivity contribution in [3.05, 3.63) is 54.1 Å². The van der Waals surface area contributed by atoms with Crippen molar-refractivity contribution in [3.63, 3.8) is 0 Å². The molecule has 1 aliphatic heterocycles. The second-order valence-corrected chi connectivity index (χ2v) is 6.83. The summed E-state index contributed by atoms with van der Waals surface area (Å²) in [6.07, 6.45) is 0.717. The molecule has 27 heavy (non-hydrogen) atoms. The molecule has 0 aliphatic carbocycles. The average molecular weight is 366 g/mol. The Morgan fingerprint density at radius 3 is 2.89 bits per heavy atom. The Labute approximate surface area is 160 Å². The van der Waals surface area contributed by atoms with Gasteiger partial charge in [-0.25, -0.2) is 0 Å². The van der Waals surface area contributed by atoms with E-state index in [1.165, 1.54) is 5.56 Å². The van der Waals surface area contributed by atoms with E-state index in [4.69, 9.17) is 10.5 Å². The van der Waals surface area contributed by atoms with Gasteiger partial charge in [-0.1, -0.05) is 38.1 Å². The van der Waals surface area contributed by atoms with E-state index in [-0.39, 0.29) is 12.5 Å². The fourth-order valence-corrected chi connectivity index (χ4v) is 2.99. The topological polar surface area (TPSA) is 80.0 Å². The zero-order valence-corrected chi connectivity index (χ0v) is 15.8. The van der Waals surface area contributed by atoms with Crippen LogP contribution < -0.4 is 20.7 Å². The van der Waals surface area contributed by atoms with Gasteiger partial charge in [0.05, 0.1) is 5.69 Å². The monoisotopic (exact) mass is 366 g/mol. The Hall–Kier alpha value is -3.02.